The van der Waals surface area contributed by atoms with Gasteiger partial charge in [-0.15, -0.1) is 0 Å². The molecule has 2 aliphatic carbocycles. The van der Waals surface area contributed by atoms with Crippen LogP contribution in [-0.4, -0.2) is 12.1 Å². The predicted octanol–water partition coefficient (Wildman–Crippen LogP) is 4.76. The molecular weight excluding hydrogens is 218 g/mol. The minimum Gasteiger partial charge on any atom is -0.311 e. The molecule has 0 radical (unpaired) electrons. The Hall–Kier alpha value is -0.0400. The molecule has 0 spiro atoms. The van der Waals surface area contributed by atoms with E-state index in [1.165, 1.54) is 51.4 Å². The van der Waals surface area contributed by atoms with E-state index in [1.54, 1.807) is 0 Å². The molecule has 1 heteroatoms. The molecule has 1 N–H and O–H groups in total. The van der Waals surface area contributed by atoms with Crippen molar-refractivity contribution in [1.29, 1.82) is 0 Å². The number of hydrogen-bond donors (Lipinski definition) is 1. The van der Waals surface area contributed by atoms with Crippen LogP contribution in [0.4, 0.5) is 0 Å². The second kappa shape index (κ2) is 5.94. The molecule has 1 nitrogen and oxygen atoms in total. The zero-order chi connectivity index (χ0) is 13.2. The Balaban J connectivity index is 1.90. The van der Waals surface area contributed by atoms with Crippen molar-refractivity contribution >= 4 is 0 Å². The normalized spacial score (nSPS) is 38.0. The number of rotatable bonds is 3. The van der Waals surface area contributed by atoms with Crippen molar-refractivity contribution in [2.45, 2.75) is 91.1 Å². The van der Waals surface area contributed by atoms with Crippen LogP contribution in [0.2, 0.25) is 0 Å². The van der Waals surface area contributed by atoms with Crippen molar-refractivity contribution in [2.24, 2.45) is 17.3 Å². The molecule has 4 unspecified atom stereocenters. The predicted molar refractivity (Wildman–Crippen MR) is 79.8 cm³/mol. The van der Waals surface area contributed by atoms with E-state index in [2.05, 4.69) is 33.0 Å². The van der Waals surface area contributed by atoms with E-state index in [1.807, 2.05) is 0 Å². The topological polar surface area (TPSA) is 12.0 Å². The molecule has 2 fully saturated rings. The fraction of sp³-hybridized carbons (Fsp3) is 1.00. The Morgan fingerprint density at radius 1 is 1.00 bits per heavy atom. The minimum absolute atomic E-state index is 0.473. The van der Waals surface area contributed by atoms with Gasteiger partial charge in [0.15, 0.2) is 0 Å². The van der Waals surface area contributed by atoms with Gasteiger partial charge in [0.1, 0.15) is 0 Å². The van der Waals surface area contributed by atoms with Gasteiger partial charge in [-0.05, 0) is 49.4 Å². The lowest BCUT2D eigenvalue weighted by molar-refractivity contribution is 0.123. The number of nitrogens with one attached hydrogen (secondary N) is 1. The Morgan fingerprint density at radius 2 is 1.72 bits per heavy atom. The van der Waals surface area contributed by atoms with Gasteiger partial charge in [0, 0.05) is 12.1 Å². The first-order valence-corrected chi connectivity index (χ1v) is 8.26. The van der Waals surface area contributed by atoms with Crippen molar-refractivity contribution in [3.05, 3.63) is 0 Å². The third kappa shape index (κ3) is 3.50. The molecule has 0 amide bonds. The van der Waals surface area contributed by atoms with Gasteiger partial charge in [-0.2, -0.15) is 0 Å². The maximum atomic E-state index is 4.04. The molecule has 2 rings (SSSR count). The van der Waals surface area contributed by atoms with Gasteiger partial charge in [-0.1, -0.05) is 47.0 Å². The van der Waals surface area contributed by atoms with E-state index in [4.69, 9.17) is 0 Å². The summed E-state index contributed by atoms with van der Waals surface area (Å²) in [6.45, 7) is 9.65. The van der Waals surface area contributed by atoms with Crippen LogP contribution >= 0.6 is 0 Å². The molecule has 4 atom stereocenters. The second-order valence-corrected chi connectivity index (χ2v) is 7.81. The Kier molecular flexibility index (Phi) is 4.75. The van der Waals surface area contributed by atoms with Gasteiger partial charge < -0.3 is 5.32 Å². The fourth-order valence-corrected chi connectivity index (χ4v) is 4.27. The summed E-state index contributed by atoms with van der Waals surface area (Å²) in [4.78, 5) is 0. The van der Waals surface area contributed by atoms with Gasteiger partial charge in [0.25, 0.3) is 0 Å². The van der Waals surface area contributed by atoms with Gasteiger partial charge in [0.05, 0.1) is 0 Å². The average molecular weight is 251 g/mol. The van der Waals surface area contributed by atoms with E-state index < -0.39 is 0 Å². The Labute approximate surface area is 114 Å². The molecule has 2 aliphatic rings. The molecule has 106 valence electrons. The molecule has 2 saturated carbocycles. The van der Waals surface area contributed by atoms with Crippen molar-refractivity contribution < 1.29 is 0 Å². The van der Waals surface area contributed by atoms with Crippen molar-refractivity contribution in [2.75, 3.05) is 0 Å². The van der Waals surface area contributed by atoms with Gasteiger partial charge in [0.2, 0.25) is 0 Å². The van der Waals surface area contributed by atoms with Gasteiger partial charge in [-0.25, -0.2) is 0 Å². The number of hydrogen-bond acceptors (Lipinski definition) is 1. The lowest BCUT2D eigenvalue weighted by Crippen LogP contribution is -2.47. The van der Waals surface area contributed by atoms with Crippen molar-refractivity contribution in [1.82, 2.24) is 5.32 Å². The molecule has 0 aromatic heterocycles. The first kappa shape index (κ1) is 14.4. The third-order valence-electron chi connectivity index (χ3n) is 5.45. The lowest BCUT2D eigenvalue weighted by atomic mass is 9.69. The maximum absolute atomic E-state index is 4.04. The molecule has 0 aromatic carbocycles. The highest BCUT2D eigenvalue weighted by Crippen LogP contribution is 2.39. The SMILES string of the molecule is CCC1CCC(NC2CCCCC2C(C)(C)C)C1. The first-order chi connectivity index (χ1) is 8.50. The molecule has 0 saturated heterocycles. The van der Waals surface area contributed by atoms with E-state index in [0.717, 1.165) is 23.9 Å². The molecule has 0 bridgehead atoms. The molecule has 0 aromatic rings. The highest BCUT2D eigenvalue weighted by atomic mass is 15.0. The fourth-order valence-electron chi connectivity index (χ4n) is 4.27. The molecule has 18 heavy (non-hydrogen) atoms. The smallest absolute Gasteiger partial charge is 0.0103 e. The summed E-state index contributed by atoms with van der Waals surface area (Å²) in [5.41, 5.74) is 0.473. The van der Waals surface area contributed by atoms with Crippen molar-refractivity contribution in [3.63, 3.8) is 0 Å². The zero-order valence-corrected chi connectivity index (χ0v) is 13.0. The summed E-state index contributed by atoms with van der Waals surface area (Å²) in [5.74, 6) is 1.88. The van der Waals surface area contributed by atoms with Gasteiger partial charge in [-0.3, -0.25) is 0 Å². The van der Waals surface area contributed by atoms with Crippen LogP contribution in [0.3, 0.4) is 0 Å². The summed E-state index contributed by atoms with van der Waals surface area (Å²) in [6.07, 6.45) is 11.4. The third-order valence-corrected chi connectivity index (χ3v) is 5.45. The maximum Gasteiger partial charge on any atom is 0.0103 e. The molecule has 0 heterocycles. The average Bonchev–Trinajstić information content (AvgIpc) is 2.76. The lowest BCUT2D eigenvalue weighted by Gasteiger charge is -2.42. The summed E-state index contributed by atoms with van der Waals surface area (Å²) in [6, 6.07) is 1.61. The van der Waals surface area contributed by atoms with Crippen LogP contribution in [0.25, 0.3) is 0 Å². The summed E-state index contributed by atoms with van der Waals surface area (Å²) in [7, 11) is 0. The minimum atomic E-state index is 0.473. The van der Waals surface area contributed by atoms with E-state index >= 15 is 0 Å². The van der Waals surface area contributed by atoms with Crippen molar-refractivity contribution in [3.8, 4) is 0 Å². The molecule has 0 aliphatic heterocycles. The quantitative estimate of drug-likeness (QED) is 0.762. The van der Waals surface area contributed by atoms with E-state index in [-0.39, 0.29) is 0 Å². The van der Waals surface area contributed by atoms with Gasteiger partial charge >= 0.3 is 0 Å². The van der Waals surface area contributed by atoms with Crippen LogP contribution in [0.15, 0.2) is 0 Å². The van der Waals surface area contributed by atoms with Crippen LogP contribution in [0, 0.1) is 17.3 Å². The second-order valence-electron chi connectivity index (χ2n) is 7.81. The summed E-state index contributed by atoms with van der Waals surface area (Å²) < 4.78 is 0. The Bertz CT molecular complexity index is 253. The highest BCUT2D eigenvalue weighted by Gasteiger charge is 2.36. The summed E-state index contributed by atoms with van der Waals surface area (Å²) >= 11 is 0. The molecular formula is C17H33N. The van der Waals surface area contributed by atoms with Crippen LogP contribution in [0.5, 0.6) is 0 Å². The van der Waals surface area contributed by atoms with Crippen LogP contribution < -0.4 is 5.32 Å². The highest BCUT2D eigenvalue weighted by molar-refractivity contribution is 4.91. The van der Waals surface area contributed by atoms with E-state index in [9.17, 15) is 0 Å². The van der Waals surface area contributed by atoms with Crippen LogP contribution in [-0.2, 0) is 0 Å². The standard InChI is InChI=1S/C17H33N/c1-5-13-10-11-14(12-13)18-16-9-7-6-8-15(16)17(2,3)4/h13-16,18H,5-12H2,1-4H3. The monoisotopic (exact) mass is 251 g/mol. The Morgan fingerprint density at radius 3 is 2.33 bits per heavy atom. The van der Waals surface area contributed by atoms with E-state index in [0.29, 0.717) is 5.41 Å². The zero-order valence-electron chi connectivity index (χ0n) is 13.0. The largest absolute Gasteiger partial charge is 0.311 e. The first-order valence-electron chi connectivity index (χ1n) is 8.26. The summed E-state index contributed by atoms with van der Waals surface area (Å²) in [5, 5.41) is 4.04. The van der Waals surface area contributed by atoms with Crippen LogP contribution in [0.1, 0.15) is 79.1 Å².